The van der Waals surface area contributed by atoms with Crippen molar-refractivity contribution >= 4 is 33.9 Å². The molecule has 26 heavy (non-hydrogen) atoms. The predicted molar refractivity (Wildman–Crippen MR) is 96.5 cm³/mol. The summed E-state index contributed by atoms with van der Waals surface area (Å²) in [5.74, 6) is -0.688. The average Bonchev–Trinajstić information content (AvgIpc) is 3.13. The molecule has 0 fully saturated rings. The Bertz CT molecular complexity index is 827. The highest BCUT2D eigenvalue weighted by atomic mass is 32.1. The fourth-order valence-electron chi connectivity index (χ4n) is 2.32. The van der Waals surface area contributed by atoms with Gasteiger partial charge < -0.3 is 10.1 Å². The van der Waals surface area contributed by atoms with Crippen LogP contribution in [0.15, 0.2) is 12.4 Å². The molecule has 1 N–H and O–H groups in total. The highest BCUT2D eigenvalue weighted by Crippen LogP contribution is 2.33. The molecule has 2 heterocycles. The zero-order chi connectivity index (χ0) is 19.3. The van der Waals surface area contributed by atoms with Crippen molar-refractivity contribution in [3.8, 4) is 0 Å². The van der Waals surface area contributed by atoms with Crippen molar-refractivity contribution in [2.75, 3.05) is 11.9 Å². The maximum Gasteiger partial charge on any atom is 0.341 e. The number of rotatable bonds is 8. The Labute approximate surface area is 154 Å². The third-order valence-electron chi connectivity index (χ3n) is 3.74. The van der Waals surface area contributed by atoms with E-state index in [9.17, 15) is 19.7 Å². The van der Waals surface area contributed by atoms with Gasteiger partial charge in [0.15, 0.2) is 0 Å². The molecule has 0 aliphatic rings. The van der Waals surface area contributed by atoms with Gasteiger partial charge in [0, 0.05) is 17.8 Å². The number of anilines is 1. The lowest BCUT2D eigenvalue weighted by molar-refractivity contribution is -0.385. The molecule has 0 aromatic carbocycles. The van der Waals surface area contributed by atoms with Crippen LogP contribution in [0, 0.1) is 24.0 Å². The van der Waals surface area contributed by atoms with Crippen LogP contribution in [0.1, 0.15) is 40.6 Å². The average molecular weight is 380 g/mol. The zero-order valence-electron chi connectivity index (χ0n) is 14.8. The summed E-state index contributed by atoms with van der Waals surface area (Å²) in [6.07, 6.45) is 3.15. The number of nitrogens with zero attached hydrogens (tertiary/aromatic N) is 3. The number of ether oxygens (including phenoxy) is 1. The lowest BCUT2D eigenvalue weighted by Crippen LogP contribution is -2.15. The van der Waals surface area contributed by atoms with Crippen LogP contribution >= 0.6 is 11.3 Å². The molecule has 0 saturated carbocycles. The van der Waals surface area contributed by atoms with Crippen molar-refractivity contribution in [3.05, 3.63) is 38.5 Å². The number of carbonyl (C=O) groups is 2. The summed E-state index contributed by atoms with van der Waals surface area (Å²) in [5.41, 5.74) is 1.11. The van der Waals surface area contributed by atoms with Crippen LogP contribution < -0.4 is 5.32 Å². The van der Waals surface area contributed by atoms with Gasteiger partial charge >= 0.3 is 11.7 Å². The third-order valence-corrected chi connectivity index (χ3v) is 4.86. The second-order valence-corrected chi connectivity index (χ2v) is 6.80. The van der Waals surface area contributed by atoms with Crippen LogP contribution in [0.2, 0.25) is 0 Å². The number of esters is 1. The lowest BCUT2D eigenvalue weighted by atomic mass is 10.1. The smallest absolute Gasteiger partial charge is 0.341 e. The Morgan fingerprint density at radius 1 is 1.42 bits per heavy atom. The number of amides is 1. The zero-order valence-corrected chi connectivity index (χ0v) is 15.6. The van der Waals surface area contributed by atoms with Crippen LogP contribution in [0.3, 0.4) is 0 Å². The predicted octanol–water partition coefficient (Wildman–Crippen LogP) is 3.07. The molecule has 0 spiro atoms. The minimum atomic E-state index is -0.519. The fraction of sp³-hybridized carbons (Fsp3) is 0.438. The van der Waals surface area contributed by atoms with Crippen molar-refractivity contribution < 1.29 is 19.2 Å². The monoisotopic (exact) mass is 380 g/mol. The van der Waals surface area contributed by atoms with Gasteiger partial charge in [-0.3, -0.25) is 19.6 Å². The van der Waals surface area contributed by atoms with Crippen LogP contribution in [-0.2, 0) is 16.1 Å². The Morgan fingerprint density at radius 2 is 2.15 bits per heavy atom. The molecule has 0 aliphatic heterocycles. The number of hydrogen-bond donors (Lipinski definition) is 1. The van der Waals surface area contributed by atoms with Crippen molar-refractivity contribution in [1.29, 1.82) is 0 Å². The summed E-state index contributed by atoms with van der Waals surface area (Å²) in [6, 6.07) is 0. The molecule has 0 bridgehead atoms. The van der Waals surface area contributed by atoms with Gasteiger partial charge in [0.05, 0.1) is 17.1 Å². The van der Waals surface area contributed by atoms with Crippen LogP contribution in [-0.4, -0.2) is 33.2 Å². The van der Waals surface area contributed by atoms with Gasteiger partial charge in [-0.05, 0) is 32.8 Å². The van der Waals surface area contributed by atoms with Gasteiger partial charge in [-0.1, -0.05) is 0 Å². The third kappa shape index (κ3) is 4.66. The molecular formula is C16H20N4O5S. The number of hydrogen-bond acceptors (Lipinski definition) is 7. The summed E-state index contributed by atoms with van der Waals surface area (Å²) < 4.78 is 6.48. The summed E-state index contributed by atoms with van der Waals surface area (Å²) in [4.78, 5) is 35.3. The highest BCUT2D eigenvalue weighted by molar-refractivity contribution is 7.16. The number of nitrogens with one attached hydrogen (secondary N) is 1. The number of nitro groups is 1. The second-order valence-electron chi connectivity index (χ2n) is 5.58. The van der Waals surface area contributed by atoms with Crippen molar-refractivity contribution in [2.24, 2.45) is 0 Å². The fourth-order valence-corrected chi connectivity index (χ4v) is 3.39. The first-order valence-corrected chi connectivity index (χ1v) is 8.89. The minimum Gasteiger partial charge on any atom is -0.462 e. The Kier molecular flexibility index (Phi) is 6.45. The molecule has 10 heteroatoms. The summed E-state index contributed by atoms with van der Waals surface area (Å²) in [7, 11) is 0. The standard InChI is InChI=1S/C16H20N4O5S/c1-4-25-16(22)14-10(2)11(3)26-15(14)18-13(21)6-5-7-19-9-12(8-17-19)20(23)24/h8-9H,4-7H2,1-3H3,(H,18,21). The summed E-state index contributed by atoms with van der Waals surface area (Å²) in [6.45, 7) is 6.07. The Morgan fingerprint density at radius 3 is 2.77 bits per heavy atom. The van der Waals surface area contributed by atoms with E-state index in [4.69, 9.17) is 4.74 Å². The SMILES string of the molecule is CCOC(=O)c1c(NC(=O)CCCn2cc([N+](=O)[O-])cn2)sc(C)c1C. The molecule has 0 radical (unpaired) electrons. The van der Waals surface area contributed by atoms with Crippen molar-refractivity contribution in [3.63, 3.8) is 0 Å². The number of thiophene rings is 1. The maximum absolute atomic E-state index is 12.2. The summed E-state index contributed by atoms with van der Waals surface area (Å²) in [5, 5.41) is 17.7. The molecule has 1 amide bonds. The first-order valence-electron chi connectivity index (χ1n) is 8.07. The molecule has 0 unspecified atom stereocenters. The van der Waals surface area contributed by atoms with Gasteiger partial charge in [0.25, 0.3) is 0 Å². The van der Waals surface area contributed by atoms with Crippen molar-refractivity contribution in [1.82, 2.24) is 9.78 Å². The van der Waals surface area contributed by atoms with E-state index in [-0.39, 0.29) is 24.6 Å². The molecule has 0 saturated heterocycles. The van der Waals surface area contributed by atoms with Gasteiger partial charge in [-0.25, -0.2) is 4.79 Å². The molecule has 2 aromatic rings. The van der Waals surface area contributed by atoms with E-state index in [0.717, 1.165) is 10.4 Å². The van der Waals surface area contributed by atoms with E-state index < -0.39 is 10.9 Å². The van der Waals surface area contributed by atoms with Crippen LogP contribution in [0.25, 0.3) is 0 Å². The molecule has 0 atom stereocenters. The van der Waals surface area contributed by atoms with E-state index in [1.54, 1.807) is 6.92 Å². The van der Waals surface area contributed by atoms with Gasteiger partial charge in [-0.2, -0.15) is 5.10 Å². The minimum absolute atomic E-state index is 0.0851. The lowest BCUT2D eigenvalue weighted by Gasteiger charge is -2.07. The largest absolute Gasteiger partial charge is 0.462 e. The Balaban J connectivity index is 1.94. The molecule has 9 nitrogen and oxygen atoms in total. The topological polar surface area (TPSA) is 116 Å². The molecular weight excluding hydrogens is 360 g/mol. The molecule has 2 aromatic heterocycles. The number of aromatic nitrogens is 2. The molecule has 140 valence electrons. The first kappa shape index (κ1) is 19.6. The van der Waals surface area contributed by atoms with E-state index in [1.165, 1.54) is 28.4 Å². The quantitative estimate of drug-likeness (QED) is 0.427. The maximum atomic E-state index is 12.2. The van der Waals surface area contributed by atoms with Crippen LogP contribution in [0.4, 0.5) is 10.7 Å². The van der Waals surface area contributed by atoms with Crippen LogP contribution in [0.5, 0.6) is 0 Å². The number of carbonyl (C=O) groups excluding carboxylic acids is 2. The highest BCUT2D eigenvalue weighted by Gasteiger charge is 2.22. The van der Waals surface area contributed by atoms with Crippen molar-refractivity contribution in [2.45, 2.75) is 40.2 Å². The second kappa shape index (κ2) is 8.56. The molecule has 0 aliphatic carbocycles. The number of aryl methyl sites for hydroxylation is 2. The van der Waals surface area contributed by atoms with E-state index in [1.807, 2.05) is 13.8 Å². The Hall–Kier alpha value is -2.75. The van der Waals surface area contributed by atoms with E-state index in [0.29, 0.717) is 23.5 Å². The van der Waals surface area contributed by atoms with E-state index in [2.05, 4.69) is 10.4 Å². The van der Waals surface area contributed by atoms with Gasteiger partial charge in [0.2, 0.25) is 5.91 Å². The normalized spacial score (nSPS) is 10.6. The van der Waals surface area contributed by atoms with E-state index >= 15 is 0 Å². The molecule has 2 rings (SSSR count). The summed E-state index contributed by atoms with van der Waals surface area (Å²) >= 11 is 1.33. The van der Waals surface area contributed by atoms with Gasteiger partial charge in [0.1, 0.15) is 17.4 Å². The van der Waals surface area contributed by atoms with Gasteiger partial charge in [-0.15, -0.1) is 11.3 Å². The first-order chi connectivity index (χ1) is 12.3.